The summed E-state index contributed by atoms with van der Waals surface area (Å²) in [5, 5.41) is 12.5. The smallest absolute Gasteiger partial charge is 0.127 e. The Kier molecular flexibility index (Phi) is 5.95. The number of likely N-dealkylation sites (N-methyl/N-ethyl adjacent to an activating group) is 1. The van der Waals surface area contributed by atoms with Crippen LogP contribution < -0.4 is 0 Å². The molecule has 2 aromatic carbocycles. The summed E-state index contributed by atoms with van der Waals surface area (Å²) in [4.78, 5) is 2.08. The molecule has 2 aromatic rings. The Morgan fingerprint density at radius 2 is 1.81 bits per heavy atom. The third-order valence-corrected chi connectivity index (χ3v) is 6.73. The predicted octanol–water partition coefficient (Wildman–Crippen LogP) is 5.12. The Labute approximate surface area is 167 Å². The van der Waals surface area contributed by atoms with E-state index in [4.69, 9.17) is 11.6 Å². The van der Waals surface area contributed by atoms with Gasteiger partial charge in [-0.25, -0.2) is 4.39 Å². The van der Waals surface area contributed by atoms with E-state index in [1.165, 1.54) is 11.6 Å². The molecule has 0 saturated heterocycles. The highest BCUT2D eigenvalue weighted by Crippen LogP contribution is 2.50. The molecule has 0 heterocycles. The molecule has 1 fully saturated rings. The van der Waals surface area contributed by atoms with Crippen LogP contribution in [-0.4, -0.2) is 35.7 Å². The lowest BCUT2D eigenvalue weighted by Gasteiger charge is -2.55. The first kappa shape index (κ1) is 20.3. The Bertz CT molecular complexity index is 761. The average Bonchev–Trinajstić information content (AvgIpc) is 2.61. The molecule has 1 aliphatic carbocycles. The first-order valence-electron chi connectivity index (χ1n) is 9.62. The van der Waals surface area contributed by atoms with Gasteiger partial charge >= 0.3 is 0 Å². The maximum atomic E-state index is 14.6. The van der Waals surface area contributed by atoms with Crippen LogP contribution in [0.1, 0.15) is 37.3 Å². The average molecular weight is 390 g/mol. The molecule has 3 rings (SSSR count). The van der Waals surface area contributed by atoms with Crippen LogP contribution >= 0.6 is 11.6 Å². The number of hydrogen-bond donors (Lipinski definition) is 1. The lowest BCUT2D eigenvalue weighted by molar-refractivity contribution is -0.150. The zero-order valence-corrected chi connectivity index (χ0v) is 17.1. The zero-order valence-electron chi connectivity index (χ0n) is 16.4. The SMILES string of the molecule is CN(C)C1CCCC(C)(Cc2ccccc2)C1(O)Cc1c(F)cccc1Cl. The predicted molar refractivity (Wildman–Crippen MR) is 110 cm³/mol. The largest absolute Gasteiger partial charge is 0.387 e. The number of halogens is 2. The molecule has 3 atom stereocenters. The second-order valence-electron chi connectivity index (χ2n) is 8.40. The van der Waals surface area contributed by atoms with Gasteiger partial charge in [0.15, 0.2) is 0 Å². The van der Waals surface area contributed by atoms with E-state index >= 15 is 0 Å². The van der Waals surface area contributed by atoms with Crippen molar-refractivity contribution in [1.29, 1.82) is 0 Å². The van der Waals surface area contributed by atoms with Gasteiger partial charge in [-0.15, -0.1) is 0 Å². The van der Waals surface area contributed by atoms with Crippen molar-refractivity contribution in [3.05, 3.63) is 70.5 Å². The van der Waals surface area contributed by atoms with Crippen molar-refractivity contribution in [2.45, 2.75) is 50.7 Å². The third-order valence-electron chi connectivity index (χ3n) is 6.37. The van der Waals surface area contributed by atoms with Crippen molar-refractivity contribution in [1.82, 2.24) is 4.90 Å². The van der Waals surface area contributed by atoms with E-state index in [1.807, 2.05) is 32.3 Å². The fourth-order valence-corrected chi connectivity index (χ4v) is 5.05. The highest BCUT2D eigenvalue weighted by molar-refractivity contribution is 6.31. The molecular weight excluding hydrogens is 361 g/mol. The molecule has 0 amide bonds. The van der Waals surface area contributed by atoms with E-state index < -0.39 is 5.60 Å². The zero-order chi connectivity index (χ0) is 19.7. The van der Waals surface area contributed by atoms with Gasteiger partial charge in [0.2, 0.25) is 0 Å². The van der Waals surface area contributed by atoms with Crippen LogP contribution in [0.5, 0.6) is 0 Å². The van der Waals surface area contributed by atoms with Crippen molar-refractivity contribution in [3.63, 3.8) is 0 Å². The van der Waals surface area contributed by atoms with Crippen LogP contribution in [0.3, 0.4) is 0 Å². The topological polar surface area (TPSA) is 23.5 Å². The van der Waals surface area contributed by atoms with Crippen LogP contribution in [0.4, 0.5) is 4.39 Å². The van der Waals surface area contributed by atoms with Gasteiger partial charge in [-0.3, -0.25) is 0 Å². The summed E-state index contributed by atoms with van der Waals surface area (Å²) in [7, 11) is 3.99. The normalized spacial score (nSPS) is 28.5. The Balaban J connectivity index is 2.05. The quantitative estimate of drug-likeness (QED) is 0.767. The summed E-state index contributed by atoms with van der Waals surface area (Å²) in [6.07, 6.45) is 3.79. The summed E-state index contributed by atoms with van der Waals surface area (Å²) in [5.74, 6) is -0.346. The van der Waals surface area contributed by atoms with Gasteiger partial charge < -0.3 is 10.0 Å². The minimum atomic E-state index is -1.09. The second kappa shape index (κ2) is 7.90. The van der Waals surface area contributed by atoms with Gasteiger partial charge in [0.05, 0.1) is 5.60 Å². The van der Waals surface area contributed by atoms with E-state index in [-0.39, 0.29) is 23.7 Å². The highest BCUT2D eigenvalue weighted by Gasteiger charge is 2.54. The molecular formula is C23H29ClFNO. The second-order valence-corrected chi connectivity index (χ2v) is 8.80. The fraction of sp³-hybridized carbons (Fsp3) is 0.478. The Morgan fingerprint density at radius 1 is 1.11 bits per heavy atom. The molecule has 1 N–H and O–H groups in total. The molecule has 0 aliphatic heterocycles. The summed E-state index contributed by atoms with van der Waals surface area (Å²) in [6.45, 7) is 2.14. The van der Waals surface area contributed by atoms with Crippen LogP contribution in [0, 0.1) is 11.2 Å². The van der Waals surface area contributed by atoms with Gasteiger partial charge in [-0.05, 0) is 51.1 Å². The molecule has 0 aromatic heterocycles. The third kappa shape index (κ3) is 3.91. The minimum absolute atomic E-state index is 0.0596. The molecule has 2 nitrogen and oxygen atoms in total. The molecule has 1 saturated carbocycles. The van der Waals surface area contributed by atoms with Gasteiger partial charge in [-0.1, -0.05) is 61.3 Å². The maximum absolute atomic E-state index is 14.6. The molecule has 0 radical (unpaired) electrons. The van der Waals surface area contributed by atoms with Gasteiger partial charge in [0.1, 0.15) is 5.82 Å². The first-order chi connectivity index (χ1) is 12.8. The van der Waals surface area contributed by atoms with Crippen molar-refractivity contribution in [3.8, 4) is 0 Å². The van der Waals surface area contributed by atoms with E-state index in [1.54, 1.807) is 12.1 Å². The lowest BCUT2D eigenvalue weighted by Crippen LogP contribution is -2.64. The van der Waals surface area contributed by atoms with Gasteiger partial charge in [0.25, 0.3) is 0 Å². The van der Waals surface area contributed by atoms with Crippen LogP contribution in [0.2, 0.25) is 5.02 Å². The maximum Gasteiger partial charge on any atom is 0.127 e. The van der Waals surface area contributed by atoms with Crippen LogP contribution in [-0.2, 0) is 12.8 Å². The summed E-state index contributed by atoms with van der Waals surface area (Å²) in [5.41, 5.74) is 0.135. The minimum Gasteiger partial charge on any atom is -0.387 e. The van der Waals surface area contributed by atoms with E-state index in [0.29, 0.717) is 10.6 Å². The van der Waals surface area contributed by atoms with Crippen molar-refractivity contribution in [2.75, 3.05) is 14.1 Å². The first-order valence-corrected chi connectivity index (χ1v) is 10.0. The number of aliphatic hydroxyl groups is 1. The molecule has 0 bridgehead atoms. The summed E-state index contributed by atoms with van der Waals surface area (Å²) in [6, 6.07) is 14.9. The van der Waals surface area contributed by atoms with Crippen molar-refractivity contribution < 1.29 is 9.50 Å². The standard InChI is InChI=1S/C23H29ClFNO/c1-22(15-17-9-5-4-6-10-17)14-8-13-21(26(2)3)23(22,27)16-18-19(24)11-7-12-20(18)25/h4-7,9-12,21,27H,8,13-16H2,1-3H3. The Hall–Kier alpha value is -1.42. The number of benzene rings is 2. The van der Waals surface area contributed by atoms with Crippen molar-refractivity contribution >= 4 is 11.6 Å². The van der Waals surface area contributed by atoms with Gasteiger partial charge in [0, 0.05) is 28.5 Å². The molecule has 146 valence electrons. The van der Waals surface area contributed by atoms with Crippen molar-refractivity contribution in [2.24, 2.45) is 5.41 Å². The van der Waals surface area contributed by atoms with E-state index in [9.17, 15) is 9.50 Å². The van der Waals surface area contributed by atoms with Crippen LogP contribution in [0.15, 0.2) is 48.5 Å². The van der Waals surface area contributed by atoms with Gasteiger partial charge in [-0.2, -0.15) is 0 Å². The molecule has 3 unspecified atom stereocenters. The molecule has 27 heavy (non-hydrogen) atoms. The van der Waals surface area contributed by atoms with E-state index in [2.05, 4.69) is 24.0 Å². The highest BCUT2D eigenvalue weighted by atomic mass is 35.5. The fourth-order valence-electron chi connectivity index (χ4n) is 4.82. The summed E-state index contributed by atoms with van der Waals surface area (Å²) >= 11 is 6.33. The van der Waals surface area contributed by atoms with Crippen LogP contribution in [0.25, 0.3) is 0 Å². The van der Waals surface area contributed by atoms with E-state index in [0.717, 1.165) is 25.7 Å². The number of nitrogens with zero attached hydrogens (tertiary/aromatic N) is 1. The molecule has 0 spiro atoms. The monoisotopic (exact) mass is 389 g/mol. The summed E-state index contributed by atoms with van der Waals surface area (Å²) < 4.78 is 14.6. The molecule has 4 heteroatoms. The molecule has 1 aliphatic rings. The number of hydrogen-bond acceptors (Lipinski definition) is 2. The Morgan fingerprint density at radius 3 is 2.44 bits per heavy atom. The lowest BCUT2D eigenvalue weighted by atomic mass is 9.57. The number of rotatable bonds is 5.